The molecular weight excluding hydrogens is 140 g/mol. The van der Waals surface area contributed by atoms with Gasteiger partial charge in [-0.1, -0.05) is 19.8 Å². The first-order valence-electron chi connectivity index (χ1n) is 3.79. The summed E-state index contributed by atoms with van der Waals surface area (Å²) in [5.41, 5.74) is -0.280. The molecule has 11 heavy (non-hydrogen) atoms. The predicted molar refractivity (Wildman–Crippen MR) is 44.9 cm³/mol. The van der Waals surface area contributed by atoms with E-state index in [-0.39, 0.29) is 12.0 Å². The largest absolute Gasteiger partial charge is 0.396 e. The fraction of sp³-hybridized carbons (Fsp3) is 0.778. The second kappa shape index (κ2) is 4.38. The Bertz CT molecular complexity index is 144. The Morgan fingerprint density at radius 3 is 2.45 bits per heavy atom. The van der Waals surface area contributed by atoms with E-state index >= 15 is 0 Å². The molecule has 0 aromatic carbocycles. The van der Waals surface area contributed by atoms with Crippen LogP contribution in [0.4, 0.5) is 0 Å². The van der Waals surface area contributed by atoms with E-state index in [4.69, 9.17) is 11.5 Å². The average molecular weight is 156 g/mol. The molecule has 0 rings (SSSR count). The summed E-state index contributed by atoms with van der Waals surface area (Å²) in [7, 11) is 0. The molecule has 0 aromatic heterocycles. The molecule has 0 bridgehead atoms. The smallest absolute Gasteiger partial charge is 0.119 e. The molecule has 0 radical (unpaired) electrons. The number of rotatable bonds is 4. The fourth-order valence-corrected chi connectivity index (χ4v) is 0.897. The van der Waals surface area contributed by atoms with Crippen LogP contribution in [0.3, 0.4) is 0 Å². The number of terminal acetylenes is 1. The minimum Gasteiger partial charge on any atom is -0.396 e. The van der Waals surface area contributed by atoms with Crippen molar-refractivity contribution in [2.24, 2.45) is 5.41 Å². The second-order valence-corrected chi connectivity index (χ2v) is 3.38. The van der Waals surface area contributed by atoms with Crippen LogP contribution in [-0.4, -0.2) is 22.9 Å². The first-order chi connectivity index (χ1) is 5.04. The normalized spacial score (nSPS) is 14.1. The maximum Gasteiger partial charge on any atom is 0.119 e. The Hall–Kier alpha value is -0.520. The van der Waals surface area contributed by atoms with Crippen LogP contribution in [0.1, 0.15) is 26.7 Å². The summed E-state index contributed by atoms with van der Waals surface area (Å²) < 4.78 is 0. The Labute approximate surface area is 68.2 Å². The molecule has 0 saturated heterocycles. The second-order valence-electron chi connectivity index (χ2n) is 3.38. The van der Waals surface area contributed by atoms with Crippen molar-refractivity contribution in [2.75, 3.05) is 6.61 Å². The molecule has 0 aliphatic heterocycles. The highest BCUT2D eigenvalue weighted by atomic mass is 16.3. The van der Waals surface area contributed by atoms with Crippen LogP contribution >= 0.6 is 0 Å². The van der Waals surface area contributed by atoms with Crippen molar-refractivity contribution in [3.05, 3.63) is 0 Å². The zero-order valence-corrected chi connectivity index (χ0v) is 7.17. The van der Waals surface area contributed by atoms with E-state index in [0.717, 1.165) is 6.42 Å². The van der Waals surface area contributed by atoms with E-state index in [1.54, 1.807) is 0 Å². The Morgan fingerprint density at radius 1 is 1.55 bits per heavy atom. The van der Waals surface area contributed by atoms with Crippen LogP contribution in [0.5, 0.6) is 0 Å². The molecule has 2 N–H and O–H groups in total. The number of aliphatic hydroxyl groups is 2. The molecule has 0 fully saturated rings. The molecule has 1 unspecified atom stereocenters. The minimum absolute atomic E-state index is 0.153. The number of hydrogen-bond acceptors (Lipinski definition) is 2. The maximum absolute atomic E-state index is 9.29. The highest BCUT2D eigenvalue weighted by molar-refractivity contribution is 5.00. The van der Waals surface area contributed by atoms with Crippen LogP contribution < -0.4 is 0 Å². The lowest BCUT2D eigenvalue weighted by Crippen LogP contribution is -2.27. The fourth-order valence-electron chi connectivity index (χ4n) is 0.897. The summed E-state index contributed by atoms with van der Waals surface area (Å²) in [4.78, 5) is 0. The van der Waals surface area contributed by atoms with Gasteiger partial charge in [-0.05, 0) is 12.8 Å². The zero-order valence-electron chi connectivity index (χ0n) is 7.17. The zero-order chi connectivity index (χ0) is 8.91. The summed E-state index contributed by atoms with van der Waals surface area (Å²) in [6.07, 6.45) is 5.78. The molecule has 0 heterocycles. The van der Waals surface area contributed by atoms with Crippen molar-refractivity contribution in [3.63, 3.8) is 0 Å². The van der Waals surface area contributed by atoms with Crippen molar-refractivity contribution in [2.45, 2.75) is 32.8 Å². The minimum atomic E-state index is -0.714. The predicted octanol–water partition coefficient (Wildman–Crippen LogP) is 0.779. The van der Waals surface area contributed by atoms with Gasteiger partial charge in [-0.15, -0.1) is 6.42 Å². The van der Waals surface area contributed by atoms with Gasteiger partial charge in [0, 0.05) is 12.0 Å². The van der Waals surface area contributed by atoms with Crippen LogP contribution in [0.2, 0.25) is 0 Å². The number of aliphatic hydroxyl groups excluding tert-OH is 2. The quantitative estimate of drug-likeness (QED) is 0.590. The lowest BCUT2D eigenvalue weighted by molar-refractivity contribution is 0.0843. The molecule has 0 aliphatic carbocycles. The molecule has 0 saturated carbocycles. The van der Waals surface area contributed by atoms with Gasteiger partial charge in [0.2, 0.25) is 0 Å². The van der Waals surface area contributed by atoms with E-state index in [2.05, 4.69) is 5.92 Å². The highest BCUT2D eigenvalue weighted by Gasteiger charge is 2.25. The van der Waals surface area contributed by atoms with Gasteiger partial charge in [0.15, 0.2) is 0 Å². The third-order valence-corrected chi connectivity index (χ3v) is 1.88. The lowest BCUT2D eigenvalue weighted by Gasteiger charge is -2.26. The summed E-state index contributed by atoms with van der Waals surface area (Å²) >= 11 is 0. The van der Waals surface area contributed by atoms with E-state index in [0.29, 0.717) is 6.42 Å². The topological polar surface area (TPSA) is 40.5 Å². The van der Waals surface area contributed by atoms with E-state index in [1.807, 2.05) is 13.8 Å². The van der Waals surface area contributed by atoms with Crippen LogP contribution in [0, 0.1) is 17.8 Å². The molecule has 64 valence electrons. The molecule has 0 spiro atoms. The van der Waals surface area contributed by atoms with Gasteiger partial charge < -0.3 is 10.2 Å². The number of hydrogen-bond donors (Lipinski definition) is 2. The van der Waals surface area contributed by atoms with Gasteiger partial charge in [0.1, 0.15) is 6.10 Å². The van der Waals surface area contributed by atoms with Crippen molar-refractivity contribution in [3.8, 4) is 12.3 Å². The van der Waals surface area contributed by atoms with Crippen LogP contribution in [0.25, 0.3) is 0 Å². The lowest BCUT2D eigenvalue weighted by atomic mass is 9.82. The molecule has 0 aromatic rings. The Morgan fingerprint density at radius 2 is 2.09 bits per heavy atom. The van der Waals surface area contributed by atoms with Gasteiger partial charge in [-0.25, -0.2) is 0 Å². The molecule has 1 atom stereocenters. The molecule has 2 heteroatoms. The van der Waals surface area contributed by atoms with Crippen molar-refractivity contribution >= 4 is 0 Å². The van der Waals surface area contributed by atoms with Gasteiger partial charge in [-0.2, -0.15) is 0 Å². The van der Waals surface area contributed by atoms with Gasteiger partial charge >= 0.3 is 0 Å². The Kier molecular flexibility index (Phi) is 4.17. The molecular formula is C9H16O2. The average Bonchev–Trinajstić information content (AvgIpc) is 1.99. The van der Waals surface area contributed by atoms with Crippen LogP contribution in [-0.2, 0) is 0 Å². The molecule has 0 amide bonds. The molecule has 0 aliphatic rings. The SMILES string of the molecule is C#CC(O)C(C)(C)CCCO. The monoisotopic (exact) mass is 156 g/mol. The molecule has 2 nitrogen and oxygen atoms in total. The van der Waals surface area contributed by atoms with Crippen molar-refractivity contribution in [1.29, 1.82) is 0 Å². The summed E-state index contributed by atoms with van der Waals surface area (Å²) in [5, 5.41) is 17.8. The summed E-state index contributed by atoms with van der Waals surface area (Å²) in [5.74, 6) is 2.29. The first-order valence-corrected chi connectivity index (χ1v) is 3.79. The third-order valence-electron chi connectivity index (χ3n) is 1.88. The Balaban J connectivity index is 3.90. The van der Waals surface area contributed by atoms with Crippen LogP contribution in [0.15, 0.2) is 0 Å². The highest BCUT2D eigenvalue weighted by Crippen LogP contribution is 2.26. The van der Waals surface area contributed by atoms with Gasteiger partial charge in [-0.3, -0.25) is 0 Å². The van der Waals surface area contributed by atoms with Crippen molar-refractivity contribution < 1.29 is 10.2 Å². The standard InChI is InChI=1S/C9H16O2/c1-4-8(11)9(2,3)6-5-7-10/h1,8,10-11H,5-7H2,2-3H3. The van der Waals surface area contributed by atoms with Gasteiger partial charge in [0.05, 0.1) is 0 Å². The maximum atomic E-state index is 9.29. The van der Waals surface area contributed by atoms with Crippen molar-refractivity contribution in [1.82, 2.24) is 0 Å². The first kappa shape index (κ1) is 10.5. The van der Waals surface area contributed by atoms with Gasteiger partial charge in [0.25, 0.3) is 0 Å². The summed E-state index contributed by atoms with van der Waals surface area (Å²) in [6.45, 7) is 3.95. The van der Waals surface area contributed by atoms with E-state index < -0.39 is 6.10 Å². The van der Waals surface area contributed by atoms with E-state index in [1.165, 1.54) is 0 Å². The van der Waals surface area contributed by atoms with E-state index in [9.17, 15) is 5.11 Å². The third kappa shape index (κ3) is 3.41. The summed E-state index contributed by atoms with van der Waals surface area (Å²) in [6, 6.07) is 0.